The lowest BCUT2D eigenvalue weighted by atomic mass is 10.1. The Hall–Kier alpha value is -3.13. The third kappa shape index (κ3) is 5.76. The highest BCUT2D eigenvalue weighted by molar-refractivity contribution is 7.80. The lowest BCUT2D eigenvalue weighted by Crippen LogP contribution is -2.48. The number of ether oxygens (including phenoxy) is 1. The number of benzene rings is 2. The molecule has 1 saturated heterocycles. The molecule has 0 aliphatic carbocycles. The number of hydrogen-bond acceptors (Lipinski definition) is 5. The molecule has 0 aromatic heterocycles. The zero-order valence-corrected chi connectivity index (χ0v) is 19.6. The summed E-state index contributed by atoms with van der Waals surface area (Å²) in [4.78, 5) is 28.9. The standard InChI is InChI=1S/C24H30N4O3S/c1-4-6-21(29)28-15-13-27(14-16-28)19-11-9-18(10-12-19)25-24(32)26-23(30)20-8-5-7-17(2)22(20)31-3/h5,7-12H,4,6,13-16H2,1-3H3,(H2,25,26,30,32). The third-order valence-corrected chi connectivity index (χ3v) is 5.68. The van der Waals surface area contributed by atoms with Crippen LogP contribution in [0.15, 0.2) is 42.5 Å². The van der Waals surface area contributed by atoms with Gasteiger partial charge in [-0.2, -0.15) is 0 Å². The van der Waals surface area contributed by atoms with Crippen molar-refractivity contribution in [2.45, 2.75) is 26.7 Å². The second-order valence-electron chi connectivity index (χ2n) is 7.73. The fraction of sp³-hybridized carbons (Fsp3) is 0.375. The normalized spacial score (nSPS) is 13.5. The zero-order chi connectivity index (χ0) is 23.1. The third-order valence-electron chi connectivity index (χ3n) is 5.47. The monoisotopic (exact) mass is 454 g/mol. The zero-order valence-electron chi connectivity index (χ0n) is 18.8. The van der Waals surface area contributed by atoms with Crippen LogP contribution < -0.4 is 20.3 Å². The van der Waals surface area contributed by atoms with Crippen molar-refractivity contribution in [1.29, 1.82) is 0 Å². The Labute approximate surface area is 194 Å². The Morgan fingerprint density at radius 2 is 1.75 bits per heavy atom. The van der Waals surface area contributed by atoms with E-state index in [2.05, 4.69) is 15.5 Å². The highest BCUT2D eigenvalue weighted by Gasteiger charge is 2.20. The van der Waals surface area contributed by atoms with Crippen molar-refractivity contribution < 1.29 is 14.3 Å². The Balaban J connectivity index is 1.54. The van der Waals surface area contributed by atoms with Gasteiger partial charge in [-0.1, -0.05) is 19.1 Å². The number of thiocarbonyl (C=S) groups is 1. The number of nitrogens with one attached hydrogen (secondary N) is 2. The highest BCUT2D eigenvalue weighted by Crippen LogP contribution is 2.23. The van der Waals surface area contributed by atoms with Gasteiger partial charge in [0.1, 0.15) is 5.75 Å². The topological polar surface area (TPSA) is 73.9 Å². The molecule has 0 saturated carbocycles. The molecule has 0 bridgehead atoms. The number of carbonyl (C=O) groups is 2. The summed E-state index contributed by atoms with van der Waals surface area (Å²) in [7, 11) is 1.54. The molecule has 7 nitrogen and oxygen atoms in total. The summed E-state index contributed by atoms with van der Waals surface area (Å²) in [5.41, 5.74) is 3.19. The minimum absolute atomic E-state index is 0.217. The van der Waals surface area contributed by atoms with Crippen LogP contribution >= 0.6 is 12.2 Å². The van der Waals surface area contributed by atoms with Crippen molar-refractivity contribution in [3.05, 3.63) is 53.6 Å². The molecule has 1 heterocycles. The summed E-state index contributed by atoms with van der Waals surface area (Å²) in [5.74, 6) is 0.453. The van der Waals surface area contributed by atoms with Crippen molar-refractivity contribution in [3.63, 3.8) is 0 Å². The average Bonchev–Trinajstić information content (AvgIpc) is 2.79. The maximum absolute atomic E-state index is 12.6. The second kappa shape index (κ2) is 10.9. The number of hydrogen-bond donors (Lipinski definition) is 2. The fourth-order valence-electron chi connectivity index (χ4n) is 3.78. The van der Waals surface area contributed by atoms with Gasteiger partial charge in [0, 0.05) is 44.0 Å². The molecule has 3 rings (SSSR count). The number of carbonyl (C=O) groups excluding carboxylic acids is 2. The highest BCUT2D eigenvalue weighted by atomic mass is 32.1. The lowest BCUT2D eigenvalue weighted by molar-refractivity contribution is -0.131. The van der Waals surface area contributed by atoms with Gasteiger partial charge in [0.15, 0.2) is 5.11 Å². The molecular formula is C24H30N4O3S. The van der Waals surface area contributed by atoms with Crippen molar-refractivity contribution in [2.75, 3.05) is 43.5 Å². The summed E-state index contributed by atoms with van der Waals surface area (Å²) in [6.45, 7) is 7.04. The largest absolute Gasteiger partial charge is 0.496 e. The molecule has 1 fully saturated rings. The smallest absolute Gasteiger partial charge is 0.261 e. The van der Waals surface area contributed by atoms with Crippen molar-refractivity contribution in [1.82, 2.24) is 10.2 Å². The van der Waals surface area contributed by atoms with Crippen LogP contribution in [0.5, 0.6) is 5.75 Å². The van der Waals surface area contributed by atoms with Crippen LogP contribution in [0.25, 0.3) is 0 Å². The minimum atomic E-state index is -0.324. The molecule has 0 radical (unpaired) electrons. The summed E-state index contributed by atoms with van der Waals surface area (Å²) in [6, 6.07) is 13.3. The van der Waals surface area contributed by atoms with E-state index in [1.807, 2.05) is 55.1 Å². The molecule has 170 valence electrons. The van der Waals surface area contributed by atoms with Crippen LogP contribution in [0.2, 0.25) is 0 Å². The van der Waals surface area contributed by atoms with E-state index in [1.165, 1.54) is 0 Å². The first-order valence-electron chi connectivity index (χ1n) is 10.8. The predicted molar refractivity (Wildman–Crippen MR) is 132 cm³/mol. The summed E-state index contributed by atoms with van der Waals surface area (Å²) < 4.78 is 5.35. The number of methoxy groups -OCH3 is 1. The van der Waals surface area contributed by atoms with Crippen LogP contribution in [0.3, 0.4) is 0 Å². The molecule has 2 amide bonds. The number of anilines is 2. The van der Waals surface area contributed by atoms with E-state index in [0.29, 0.717) is 17.7 Å². The first-order valence-corrected chi connectivity index (χ1v) is 11.2. The second-order valence-corrected chi connectivity index (χ2v) is 8.14. The van der Waals surface area contributed by atoms with Crippen LogP contribution in [0.1, 0.15) is 35.7 Å². The molecule has 1 aliphatic rings. The van der Waals surface area contributed by atoms with Crippen LogP contribution in [0.4, 0.5) is 11.4 Å². The van der Waals surface area contributed by atoms with E-state index in [0.717, 1.165) is 49.5 Å². The molecule has 32 heavy (non-hydrogen) atoms. The van der Waals surface area contributed by atoms with Gasteiger partial charge in [0.2, 0.25) is 5.91 Å². The minimum Gasteiger partial charge on any atom is -0.496 e. The van der Waals surface area contributed by atoms with E-state index in [-0.39, 0.29) is 16.9 Å². The Bertz CT molecular complexity index is 970. The molecule has 0 atom stereocenters. The molecule has 0 unspecified atom stereocenters. The van der Waals surface area contributed by atoms with Crippen LogP contribution in [-0.4, -0.2) is 55.1 Å². The number of piperazine rings is 1. The van der Waals surface area contributed by atoms with Gasteiger partial charge < -0.3 is 19.9 Å². The quantitative estimate of drug-likeness (QED) is 0.650. The number of nitrogens with zero attached hydrogens (tertiary/aromatic N) is 2. The van der Waals surface area contributed by atoms with E-state index in [4.69, 9.17) is 17.0 Å². The fourth-order valence-corrected chi connectivity index (χ4v) is 3.99. The van der Waals surface area contributed by atoms with E-state index < -0.39 is 0 Å². The van der Waals surface area contributed by atoms with Gasteiger partial charge in [0.05, 0.1) is 12.7 Å². The van der Waals surface area contributed by atoms with E-state index in [1.54, 1.807) is 13.2 Å². The number of rotatable bonds is 6. The number of amides is 2. The van der Waals surface area contributed by atoms with E-state index >= 15 is 0 Å². The Morgan fingerprint density at radius 1 is 1.06 bits per heavy atom. The van der Waals surface area contributed by atoms with Crippen molar-refractivity contribution >= 4 is 40.5 Å². The predicted octanol–water partition coefficient (Wildman–Crippen LogP) is 3.58. The van der Waals surface area contributed by atoms with Crippen LogP contribution in [-0.2, 0) is 4.79 Å². The summed E-state index contributed by atoms with van der Waals surface area (Å²) in [6.07, 6.45) is 1.50. The summed E-state index contributed by atoms with van der Waals surface area (Å²) in [5, 5.41) is 5.97. The first kappa shape index (κ1) is 23.5. The molecule has 2 aromatic rings. The molecule has 8 heteroatoms. The van der Waals surface area contributed by atoms with E-state index in [9.17, 15) is 9.59 Å². The van der Waals surface area contributed by atoms with Gasteiger partial charge in [-0.05, 0) is 61.5 Å². The van der Waals surface area contributed by atoms with Gasteiger partial charge in [-0.15, -0.1) is 0 Å². The van der Waals surface area contributed by atoms with Crippen molar-refractivity contribution in [3.8, 4) is 5.75 Å². The van der Waals surface area contributed by atoms with Crippen molar-refractivity contribution in [2.24, 2.45) is 0 Å². The van der Waals surface area contributed by atoms with Gasteiger partial charge in [-0.25, -0.2) is 0 Å². The number of para-hydroxylation sites is 1. The van der Waals surface area contributed by atoms with Gasteiger partial charge in [-0.3, -0.25) is 14.9 Å². The SMILES string of the molecule is CCCC(=O)N1CCN(c2ccc(NC(=S)NC(=O)c3cccc(C)c3OC)cc2)CC1. The summed E-state index contributed by atoms with van der Waals surface area (Å²) >= 11 is 5.31. The maximum atomic E-state index is 12.6. The average molecular weight is 455 g/mol. The van der Waals surface area contributed by atoms with Crippen LogP contribution in [0, 0.1) is 6.92 Å². The maximum Gasteiger partial charge on any atom is 0.261 e. The van der Waals surface area contributed by atoms with Gasteiger partial charge in [0.25, 0.3) is 5.91 Å². The molecular weight excluding hydrogens is 424 g/mol. The Morgan fingerprint density at radius 3 is 2.38 bits per heavy atom. The van der Waals surface area contributed by atoms with Gasteiger partial charge >= 0.3 is 0 Å². The first-order chi connectivity index (χ1) is 15.4. The molecule has 0 spiro atoms. The molecule has 2 aromatic carbocycles. The molecule has 1 aliphatic heterocycles. The Kier molecular flexibility index (Phi) is 8.05. The molecule has 2 N–H and O–H groups in total. The lowest BCUT2D eigenvalue weighted by Gasteiger charge is -2.36. The number of aryl methyl sites for hydroxylation is 1.